The molecule has 3 nitrogen and oxygen atoms in total. The maximum absolute atomic E-state index is 9.38. The van der Waals surface area contributed by atoms with Gasteiger partial charge < -0.3 is 4.65 Å². The van der Waals surface area contributed by atoms with Gasteiger partial charge in [-0.3, -0.25) is 4.81 Å². The first kappa shape index (κ1) is 18.0. The standard InChI is InChI=1S/C15H27BN2O/c1-8-9-10-11-15(6,7)19-16(12-17)18(13(2)3)14(4)5/h9,13-14H,1,10-11H2,2-7H3. The van der Waals surface area contributed by atoms with E-state index < -0.39 is 7.05 Å². The van der Waals surface area contributed by atoms with Gasteiger partial charge >= 0.3 is 7.05 Å². The molecule has 0 heterocycles. The molecule has 0 aromatic carbocycles. The van der Waals surface area contributed by atoms with E-state index in [1.54, 1.807) is 0 Å². The molecule has 0 saturated heterocycles. The largest absolute Gasteiger partial charge is 0.504 e. The quantitative estimate of drug-likeness (QED) is 0.495. The van der Waals surface area contributed by atoms with E-state index in [0.29, 0.717) is 0 Å². The molecule has 0 N–H and O–H groups in total. The number of allylic oxidation sites excluding steroid dienone is 1. The Bertz CT molecular complexity index is 344. The molecule has 0 aromatic rings. The number of rotatable bonds is 8. The fraction of sp³-hybridized carbons (Fsp3) is 0.733. The Balaban J connectivity index is 4.78. The van der Waals surface area contributed by atoms with E-state index >= 15 is 0 Å². The molecule has 0 bridgehead atoms. The third-order valence-corrected chi connectivity index (χ3v) is 3.04. The van der Waals surface area contributed by atoms with Crippen LogP contribution in [0.4, 0.5) is 0 Å². The van der Waals surface area contributed by atoms with Gasteiger partial charge in [0, 0.05) is 5.60 Å². The Morgan fingerprint density at radius 1 is 1.32 bits per heavy atom. The van der Waals surface area contributed by atoms with Gasteiger partial charge in [-0.25, -0.2) is 5.26 Å². The summed E-state index contributed by atoms with van der Waals surface area (Å²) in [5.41, 5.74) is 2.42. The molecule has 0 atom stereocenters. The van der Waals surface area contributed by atoms with Crippen LogP contribution in [0.2, 0.25) is 0 Å². The molecule has 0 aliphatic heterocycles. The Kier molecular flexibility index (Phi) is 7.79. The van der Waals surface area contributed by atoms with E-state index in [0.717, 1.165) is 12.8 Å². The molecule has 106 valence electrons. The number of nitrogens with zero attached hydrogens (tertiary/aromatic N) is 2. The van der Waals surface area contributed by atoms with Gasteiger partial charge in [0.05, 0.1) is 5.97 Å². The zero-order chi connectivity index (χ0) is 15.1. The number of hydrogen-bond donors (Lipinski definition) is 0. The van der Waals surface area contributed by atoms with Crippen LogP contribution in [0.3, 0.4) is 0 Å². The molecule has 19 heavy (non-hydrogen) atoms. The second kappa shape index (κ2) is 8.22. The van der Waals surface area contributed by atoms with Crippen molar-refractivity contribution in [2.45, 2.75) is 72.1 Å². The fourth-order valence-corrected chi connectivity index (χ4v) is 2.17. The Morgan fingerprint density at radius 2 is 1.84 bits per heavy atom. The minimum Gasteiger partial charge on any atom is -0.405 e. The highest BCUT2D eigenvalue weighted by molar-refractivity contribution is 6.57. The van der Waals surface area contributed by atoms with Crippen molar-refractivity contribution in [3.05, 3.63) is 18.4 Å². The summed E-state index contributed by atoms with van der Waals surface area (Å²) >= 11 is 0. The Hall–Kier alpha value is -1.01. The van der Waals surface area contributed by atoms with Crippen molar-refractivity contribution in [1.82, 2.24) is 4.81 Å². The van der Waals surface area contributed by atoms with Gasteiger partial charge in [-0.05, 0) is 44.8 Å². The average molecular weight is 262 g/mol. The fourth-order valence-electron chi connectivity index (χ4n) is 2.17. The zero-order valence-electron chi connectivity index (χ0n) is 13.2. The van der Waals surface area contributed by atoms with E-state index in [9.17, 15) is 5.26 Å². The van der Waals surface area contributed by atoms with Crippen LogP contribution >= 0.6 is 0 Å². The zero-order valence-corrected chi connectivity index (χ0v) is 13.2. The van der Waals surface area contributed by atoms with Crippen molar-refractivity contribution in [1.29, 1.82) is 5.26 Å². The predicted octanol–water partition coefficient (Wildman–Crippen LogP) is 3.57. The molecule has 0 fully saturated rings. The first-order valence-electron chi connectivity index (χ1n) is 6.94. The molecule has 0 aliphatic carbocycles. The summed E-state index contributed by atoms with van der Waals surface area (Å²) in [6, 6.07) is 0.544. The van der Waals surface area contributed by atoms with E-state index in [1.807, 2.05) is 19.9 Å². The summed E-state index contributed by atoms with van der Waals surface area (Å²) in [6.07, 6.45) is 3.60. The molecule has 0 radical (unpaired) electrons. The van der Waals surface area contributed by atoms with Gasteiger partial charge in [-0.1, -0.05) is 34.3 Å². The maximum atomic E-state index is 9.38. The predicted molar refractivity (Wildman–Crippen MR) is 81.6 cm³/mol. The third kappa shape index (κ3) is 6.64. The third-order valence-electron chi connectivity index (χ3n) is 3.04. The van der Waals surface area contributed by atoms with Crippen molar-refractivity contribution in [3.63, 3.8) is 0 Å². The number of hydrogen-bond acceptors (Lipinski definition) is 3. The summed E-state index contributed by atoms with van der Waals surface area (Å²) in [6.45, 7) is 15.9. The minimum absolute atomic E-state index is 0.272. The highest BCUT2D eigenvalue weighted by Gasteiger charge is 2.35. The van der Waals surface area contributed by atoms with Gasteiger partial charge in [0.15, 0.2) is 0 Å². The topological polar surface area (TPSA) is 36.3 Å². The Morgan fingerprint density at radius 3 is 2.21 bits per heavy atom. The van der Waals surface area contributed by atoms with Crippen molar-refractivity contribution in [2.75, 3.05) is 0 Å². The van der Waals surface area contributed by atoms with Crippen LogP contribution in [0.5, 0.6) is 0 Å². The van der Waals surface area contributed by atoms with Crippen molar-refractivity contribution in [3.8, 4) is 5.97 Å². The first-order valence-corrected chi connectivity index (χ1v) is 6.94. The average Bonchev–Trinajstić information content (AvgIpc) is 2.26. The van der Waals surface area contributed by atoms with Gasteiger partial charge in [-0.2, -0.15) is 0 Å². The van der Waals surface area contributed by atoms with E-state index in [2.05, 4.69) is 50.8 Å². The molecule has 0 saturated carbocycles. The van der Waals surface area contributed by atoms with Crippen LogP contribution in [0.15, 0.2) is 18.4 Å². The maximum Gasteiger partial charge on any atom is 0.504 e. The van der Waals surface area contributed by atoms with E-state index in [1.165, 1.54) is 0 Å². The SMILES string of the molecule is C=C=CCCC(C)(C)OB(C#N)N(C(C)C)C(C)C. The lowest BCUT2D eigenvalue weighted by Crippen LogP contribution is -2.52. The van der Waals surface area contributed by atoms with Crippen molar-refractivity contribution in [2.24, 2.45) is 0 Å². The molecular weight excluding hydrogens is 235 g/mol. The second-order valence-corrected chi connectivity index (χ2v) is 5.94. The molecule has 0 rings (SSSR count). The van der Waals surface area contributed by atoms with Gasteiger partial charge in [0.1, 0.15) is 0 Å². The summed E-state index contributed by atoms with van der Waals surface area (Å²) in [5.74, 6) is 2.28. The first-order chi connectivity index (χ1) is 8.75. The molecule has 4 heteroatoms. The van der Waals surface area contributed by atoms with Gasteiger partial charge in [0.25, 0.3) is 0 Å². The van der Waals surface area contributed by atoms with Crippen LogP contribution in [0, 0.1) is 11.2 Å². The molecule has 0 aliphatic rings. The van der Waals surface area contributed by atoms with Crippen molar-refractivity contribution < 1.29 is 4.65 Å². The lowest BCUT2D eigenvalue weighted by Gasteiger charge is -2.36. The highest BCUT2D eigenvalue weighted by atomic mass is 16.5. The lowest BCUT2D eigenvalue weighted by molar-refractivity contribution is 0.0756. The normalized spacial score (nSPS) is 11.6. The lowest BCUT2D eigenvalue weighted by atomic mass is 9.78. The summed E-state index contributed by atoms with van der Waals surface area (Å²) in [4.78, 5) is 2.09. The number of nitriles is 1. The Labute approximate surface area is 119 Å². The molecule has 0 amide bonds. The molecule has 0 unspecified atom stereocenters. The van der Waals surface area contributed by atoms with Crippen LogP contribution < -0.4 is 0 Å². The van der Waals surface area contributed by atoms with Crippen LogP contribution in [-0.2, 0) is 4.65 Å². The van der Waals surface area contributed by atoms with Crippen molar-refractivity contribution >= 4 is 7.05 Å². The van der Waals surface area contributed by atoms with E-state index in [4.69, 9.17) is 4.65 Å². The van der Waals surface area contributed by atoms with Crippen LogP contribution in [-0.4, -0.2) is 29.5 Å². The molecule has 0 aromatic heterocycles. The molecule has 0 spiro atoms. The minimum atomic E-state index is -0.511. The smallest absolute Gasteiger partial charge is 0.405 e. The second-order valence-electron chi connectivity index (χ2n) is 5.94. The van der Waals surface area contributed by atoms with Crippen LogP contribution in [0.25, 0.3) is 0 Å². The van der Waals surface area contributed by atoms with Gasteiger partial charge in [-0.15, -0.1) is 5.73 Å². The van der Waals surface area contributed by atoms with Gasteiger partial charge in [0.2, 0.25) is 0 Å². The molecular formula is C15H27BN2O. The summed E-state index contributed by atoms with van der Waals surface area (Å²) < 4.78 is 6.02. The summed E-state index contributed by atoms with van der Waals surface area (Å²) in [7, 11) is -0.511. The monoisotopic (exact) mass is 262 g/mol. The summed E-state index contributed by atoms with van der Waals surface area (Å²) in [5, 5.41) is 9.38. The highest BCUT2D eigenvalue weighted by Crippen LogP contribution is 2.21. The van der Waals surface area contributed by atoms with E-state index in [-0.39, 0.29) is 17.7 Å². The van der Waals surface area contributed by atoms with Crippen LogP contribution in [0.1, 0.15) is 54.4 Å².